The molecule has 0 aliphatic carbocycles. The van der Waals surface area contributed by atoms with Crippen molar-refractivity contribution in [2.75, 3.05) is 21.3 Å². The molecular weight excluding hydrogens is 548 g/mol. The highest BCUT2D eigenvalue weighted by Gasteiger charge is 2.52. The third-order valence-electron chi connectivity index (χ3n) is 9.97. The zero-order valence-electron chi connectivity index (χ0n) is 27.6. The molecule has 0 amide bonds. The third-order valence-corrected chi connectivity index (χ3v) is 9.97. The first kappa shape index (κ1) is 37.0. The molecular formula is C31H56O11. The zero-order valence-corrected chi connectivity index (χ0v) is 27.6. The average Bonchev–Trinajstić information content (AvgIpc) is 2.94. The minimum atomic E-state index is -1.90. The van der Waals surface area contributed by atoms with Crippen LogP contribution in [0.4, 0.5) is 0 Å². The second kappa shape index (κ2) is 14.3. The van der Waals surface area contributed by atoms with Gasteiger partial charge in [-0.2, -0.15) is 0 Å². The standard InChI is InChI=1S/C31H56O11/c1-13-21-31(9,36)25(33)17(3)23(32)16(2)14-30(8,39-12)27(37-10)18(4)24(19(5)28(35)41-21)42-22-15-29(7,38-11)26(34)20(6)40-22/h16-22,24-27,33-34,36H,13-15H2,1-12H3/t16-,17+,18+,19-,20+,21-,22+,24+,25-,26+,27-,29-,30-,31-/m1/s1. The normalized spacial score (nSPS) is 48.4. The topological polar surface area (TPSA) is 150 Å². The van der Waals surface area contributed by atoms with Crippen LogP contribution in [0.25, 0.3) is 0 Å². The lowest BCUT2D eigenvalue weighted by atomic mass is 9.74. The van der Waals surface area contributed by atoms with Crippen LogP contribution in [0.15, 0.2) is 0 Å². The van der Waals surface area contributed by atoms with E-state index in [1.807, 2.05) is 13.8 Å². The van der Waals surface area contributed by atoms with E-state index in [0.29, 0.717) is 0 Å². The van der Waals surface area contributed by atoms with E-state index in [4.69, 9.17) is 28.4 Å². The van der Waals surface area contributed by atoms with Gasteiger partial charge in [-0.3, -0.25) is 9.59 Å². The molecule has 0 aromatic heterocycles. The van der Waals surface area contributed by atoms with Gasteiger partial charge in [0.05, 0.1) is 41.5 Å². The Morgan fingerprint density at radius 2 is 1.45 bits per heavy atom. The molecule has 0 spiro atoms. The molecule has 2 saturated heterocycles. The van der Waals surface area contributed by atoms with Gasteiger partial charge in [0.15, 0.2) is 6.29 Å². The maximum Gasteiger partial charge on any atom is 0.311 e. The lowest BCUT2D eigenvalue weighted by Gasteiger charge is -2.48. The number of carbonyl (C=O) groups excluding carboxylic acids is 2. The van der Waals surface area contributed by atoms with Crippen LogP contribution in [0.5, 0.6) is 0 Å². The van der Waals surface area contributed by atoms with Crippen LogP contribution in [-0.4, -0.2) is 108 Å². The molecule has 2 fully saturated rings. The molecule has 2 aliphatic rings. The maximum atomic E-state index is 13.7. The largest absolute Gasteiger partial charge is 0.459 e. The second-order valence-corrected chi connectivity index (χ2v) is 13.2. The molecule has 3 N–H and O–H groups in total. The summed E-state index contributed by atoms with van der Waals surface area (Å²) in [5.41, 5.74) is -3.86. The fraction of sp³-hybridized carbons (Fsp3) is 0.935. The number of hydrogen-bond acceptors (Lipinski definition) is 11. The predicted molar refractivity (Wildman–Crippen MR) is 155 cm³/mol. The summed E-state index contributed by atoms with van der Waals surface area (Å²) in [4.78, 5) is 27.3. The van der Waals surface area contributed by atoms with Crippen LogP contribution in [0.2, 0.25) is 0 Å². The van der Waals surface area contributed by atoms with Crippen molar-refractivity contribution in [3.8, 4) is 0 Å². The molecule has 42 heavy (non-hydrogen) atoms. The van der Waals surface area contributed by atoms with Gasteiger partial charge in [-0.1, -0.05) is 27.7 Å². The van der Waals surface area contributed by atoms with Crippen LogP contribution >= 0.6 is 0 Å². The number of rotatable bonds is 6. The van der Waals surface area contributed by atoms with Gasteiger partial charge >= 0.3 is 5.97 Å². The number of hydrogen-bond donors (Lipinski definition) is 3. The van der Waals surface area contributed by atoms with Crippen LogP contribution in [0.1, 0.15) is 81.6 Å². The number of carbonyl (C=O) groups is 2. The molecule has 2 aliphatic heterocycles. The molecule has 2 rings (SSSR count). The fourth-order valence-electron chi connectivity index (χ4n) is 6.98. The minimum Gasteiger partial charge on any atom is -0.459 e. The van der Waals surface area contributed by atoms with E-state index in [9.17, 15) is 24.9 Å². The lowest BCUT2D eigenvalue weighted by molar-refractivity contribution is -0.300. The molecule has 0 aromatic rings. The summed E-state index contributed by atoms with van der Waals surface area (Å²) in [5, 5.41) is 33.3. The number of ether oxygens (including phenoxy) is 6. The number of methoxy groups -OCH3 is 3. The fourth-order valence-corrected chi connectivity index (χ4v) is 6.98. The van der Waals surface area contributed by atoms with Gasteiger partial charge in [0.25, 0.3) is 0 Å². The predicted octanol–water partition coefficient (Wildman–Crippen LogP) is 2.64. The van der Waals surface area contributed by atoms with Gasteiger partial charge < -0.3 is 43.7 Å². The summed E-state index contributed by atoms with van der Waals surface area (Å²) in [6.45, 7) is 15.4. The van der Waals surface area contributed by atoms with E-state index < -0.39 is 89.4 Å². The van der Waals surface area contributed by atoms with E-state index >= 15 is 0 Å². The van der Waals surface area contributed by atoms with Crippen LogP contribution < -0.4 is 0 Å². The Balaban J connectivity index is 2.64. The SMILES string of the molecule is CC[C@H]1OC(=O)[C@H](C)[C@@H](O[C@H]2C[C@@](C)(OC)[C@@H](O)[C@H](C)O2)[C@H](C)[C@@H](OC)[C@](C)(OC)C[C@@H](C)C(=O)[C@H](C)[C@@H](O)[C@]1(C)O. The van der Waals surface area contributed by atoms with E-state index in [0.717, 1.165) is 0 Å². The molecule has 0 aromatic carbocycles. The van der Waals surface area contributed by atoms with E-state index in [-0.39, 0.29) is 25.0 Å². The van der Waals surface area contributed by atoms with Crippen molar-refractivity contribution in [2.24, 2.45) is 23.7 Å². The third kappa shape index (κ3) is 7.37. The summed E-state index contributed by atoms with van der Waals surface area (Å²) in [6, 6.07) is 0. The Labute approximate surface area is 251 Å². The van der Waals surface area contributed by atoms with E-state index in [1.54, 1.807) is 55.8 Å². The van der Waals surface area contributed by atoms with Gasteiger partial charge in [-0.25, -0.2) is 0 Å². The smallest absolute Gasteiger partial charge is 0.311 e. The molecule has 0 radical (unpaired) electrons. The quantitative estimate of drug-likeness (QED) is 0.384. The summed E-state index contributed by atoms with van der Waals surface area (Å²) in [6.07, 6.45) is -5.76. The Morgan fingerprint density at radius 3 is 1.95 bits per heavy atom. The van der Waals surface area contributed by atoms with Gasteiger partial charge in [0, 0.05) is 45.5 Å². The minimum absolute atomic E-state index is 0.196. The van der Waals surface area contributed by atoms with Crippen LogP contribution in [-0.2, 0) is 38.0 Å². The molecule has 11 nitrogen and oxygen atoms in total. The van der Waals surface area contributed by atoms with Crippen molar-refractivity contribution >= 4 is 11.8 Å². The number of aliphatic hydroxyl groups excluding tert-OH is 2. The molecule has 11 heteroatoms. The van der Waals surface area contributed by atoms with Crippen LogP contribution in [0.3, 0.4) is 0 Å². The Bertz CT molecular complexity index is 911. The highest BCUT2D eigenvalue weighted by Crippen LogP contribution is 2.40. The molecule has 14 atom stereocenters. The first-order valence-corrected chi connectivity index (χ1v) is 15.1. The first-order valence-electron chi connectivity index (χ1n) is 15.1. The monoisotopic (exact) mass is 604 g/mol. The second-order valence-electron chi connectivity index (χ2n) is 13.2. The summed E-state index contributed by atoms with van der Waals surface area (Å²) in [5.74, 6) is -3.77. The summed E-state index contributed by atoms with van der Waals surface area (Å²) >= 11 is 0. The van der Waals surface area contributed by atoms with Crippen molar-refractivity contribution in [1.82, 2.24) is 0 Å². The molecule has 246 valence electrons. The van der Waals surface area contributed by atoms with Gasteiger partial charge in [-0.15, -0.1) is 0 Å². The lowest BCUT2D eigenvalue weighted by Crippen LogP contribution is -2.59. The van der Waals surface area contributed by atoms with Gasteiger partial charge in [0.2, 0.25) is 0 Å². The van der Waals surface area contributed by atoms with Gasteiger partial charge in [-0.05, 0) is 47.5 Å². The molecule has 0 bridgehead atoms. The molecule has 0 saturated carbocycles. The van der Waals surface area contributed by atoms with Gasteiger partial charge in [0.1, 0.15) is 23.6 Å². The highest BCUT2D eigenvalue weighted by molar-refractivity contribution is 5.83. The highest BCUT2D eigenvalue weighted by atomic mass is 16.7. The van der Waals surface area contributed by atoms with Crippen molar-refractivity contribution < 1.29 is 53.3 Å². The summed E-state index contributed by atoms with van der Waals surface area (Å²) in [7, 11) is 4.60. The van der Waals surface area contributed by atoms with Crippen LogP contribution in [0, 0.1) is 23.7 Å². The maximum absolute atomic E-state index is 13.7. The Hall–Kier alpha value is -1.18. The first-order chi connectivity index (χ1) is 19.3. The number of ketones is 1. The van der Waals surface area contributed by atoms with Crippen molar-refractivity contribution in [1.29, 1.82) is 0 Å². The van der Waals surface area contributed by atoms with Crippen molar-refractivity contribution in [3.63, 3.8) is 0 Å². The Morgan fingerprint density at radius 1 is 0.881 bits per heavy atom. The average molecular weight is 605 g/mol. The Kier molecular flexibility index (Phi) is 12.6. The number of Topliss-reactive ketones (excluding diaryl/α,β-unsaturated/α-hetero) is 1. The number of cyclic esters (lactones) is 1. The van der Waals surface area contributed by atoms with E-state index in [1.165, 1.54) is 14.0 Å². The number of aliphatic hydroxyl groups is 3. The van der Waals surface area contributed by atoms with E-state index in [2.05, 4.69) is 0 Å². The number of esters is 1. The zero-order chi connectivity index (χ0) is 32.4. The van der Waals surface area contributed by atoms with Crippen molar-refractivity contribution in [3.05, 3.63) is 0 Å². The summed E-state index contributed by atoms with van der Waals surface area (Å²) < 4.78 is 36.1. The molecule has 0 unspecified atom stereocenters. The molecule has 2 heterocycles. The van der Waals surface area contributed by atoms with Crippen molar-refractivity contribution in [2.45, 2.75) is 141 Å².